The van der Waals surface area contributed by atoms with Crippen LogP contribution >= 0.6 is 12.4 Å². The van der Waals surface area contributed by atoms with Crippen molar-refractivity contribution in [1.82, 2.24) is 0 Å². The molecule has 0 aliphatic carbocycles. The molecule has 0 spiro atoms. The van der Waals surface area contributed by atoms with E-state index in [1.54, 1.807) is 0 Å². The lowest BCUT2D eigenvalue weighted by Crippen LogP contribution is -1.93. The molecule has 3 heteroatoms. The zero-order valence-electron chi connectivity index (χ0n) is 6.26. The number of carbonyl (C=O) groups is 1. The fraction of sp³-hybridized carbons (Fsp3) is 0.571. The quantitative estimate of drug-likeness (QED) is 0.650. The van der Waals surface area contributed by atoms with E-state index in [1.807, 2.05) is 19.9 Å². The van der Waals surface area contributed by atoms with Gasteiger partial charge in [-0.2, -0.15) is 0 Å². The third kappa shape index (κ3) is 7.50. The molecular weight excluding hydrogens is 152 g/mol. The van der Waals surface area contributed by atoms with Gasteiger partial charge < -0.3 is 5.11 Å². The summed E-state index contributed by atoms with van der Waals surface area (Å²) in [6.45, 7) is 3.85. The first-order valence-electron chi connectivity index (χ1n) is 3.00. The van der Waals surface area contributed by atoms with Crippen molar-refractivity contribution in [3.63, 3.8) is 0 Å². The third-order valence-electron chi connectivity index (χ3n) is 1.23. The molecule has 0 saturated heterocycles. The van der Waals surface area contributed by atoms with Crippen LogP contribution in [0.3, 0.4) is 0 Å². The molecule has 0 aliphatic rings. The minimum Gasteiger partial charge on any atom is -0.481 e. The van der Waals surface area contributed by atoms with Gasteiger partial charge in [0.05, 0.1) is 0 Å². The van der Waals surface area contributed by atoms with Gasteiger partial charge in [0.15, 0.2) is 0 Å². The number of hydrogen-bond acceptors (Lipinski definition) is 1. The van der Waals surface area contributed by atoms with Crippen molar-refractivity contribution in [1.29, 1.82) is 0 Å². The first kappa shape index (κ1) is 12.2. The molecule has 0 aromatic carbocycles. The normalized spacial score (nSPS) is 10.4. The molecule has 2 nitrogen and oxygen atoms in total. The maximum Gasteiger partial charge on any atom is 0.303 e. The van der Waals surface area contributed by atoms with Gasteiger partial charge in [-0.25, -0.2) is 0 Å². The lowest BCUT2D eigenvalue weighted by atomic mass is 10.1. The number of hydrogen-bond donors (Lipinski definition) is 1. The maximum absolute atomic E-state index is 9.99. The number of allylic oxidation sites excluding steroid dienone is 2. The molecule has 0 aromatic rings. The summed E-state index contributed by atoms with van der Waals surface area (Å²) in [6.07, 6.45) is 2.85. The van der Waals surface area contributed by atoms with Crippen molar-refractivity contribution in [2.24, 2.45) is 0 Å². The Kier molecular flexibility index (Phi) is 8.07. The summed E-state index contributed by atoms with van der Waals surface area (Å²) in [6, 6.07) is 0. The Hall–Kier alpha value is -0.500. The Balaban J connectivity index is 0. The molecule has 0 amide bonds. The van der Waals surface area contributed by atoms with E-state index in [1.165, 1.54) is 0 Å². The number of carboxylic acid groups (broad SMARTS) is 1. The number of halogens is 1. The molecule has 0 bridgehead atoms. The van der Waals surface area contributed by atoms with Crippen LogP contribution in [0.15, 0.2) is 11.6 Å². The van der Waals surface area contributed by atoms with Crippen molar-refractivity contribution in [3.05, 3.63) is 11.6 Å². The molecule has 0 atom stereocenters. The van der Waals surface area contributed by atoms with Crippen LogP contribution in [0, 0.1) is 0 Å². The SMILES string of the molecule is C/C=C(\C)CCC(=O)O.Cl. The van der Waals surface area contributed by atoms with Gasteiger partial charge in [-0.3, -0.25) is 4.79 Å². The van der Waals surface area contributed by atoms with Gasteiger partial charge in [0, 0.05) is 6.42 Å². The van der Waals surface area contributed by atoms with E-state index in [-0.39, 0.29) is 18.8 Å². The number of aliphatic carboxylic acids is 1. The molecular formula is C7H13ClO2. The van der Waals surface area contributed by atoms with E-state index >= 15 is 0 Å². The average Bonchev–Trinajstić information content (AvgIpc) is 1.83. The summed E-state index contributed by atoms with van der Waals surface area (Å²) >= 11 is 0. The Bertz CT molecular complexity index is 130. The Labute approximate surface area is 67.3 Å². The van der Waals surface area contributed by atoms with Gasteiger partial charge in [0.25, 0.3) is 0 Å². The lowest BCUT2D eigenvalue weighted by Gasteiger charge is -1.93. The summed E-state index contributed by atoms with van der Waals surface area (Å²) < 4.78 is 0. The average molecular weight is 165 g/mol. The second-order valence-corrected chi connectivity index (χ2v) is 2.03. The second-order valence-electron chi connectivity index (χ2n) is 2.03. The van der Waals surface area contributed by atoms with Crippen molar-refractivity contribution < 1.29 is 9.90 Å². The summed E-state index contributed by atoms with van der Waals surface area (Å²) in [5, 5.41) is 8.23. The highest BCUT2D eigenvalue weighted by atomic mass is 35.5. The first-order chi connectivity index (χ1) is 4.16. The fourth-order valence-corrected chi connectivity index (χ4v) is 0.448. The monoisotopic (exact) mass is 164 g/mol. The fourth-order valence-electron chi connectivity index (χ4n) is 0.448. The molecule has 10 heavy (non-hydrogen) atoms. The third-order valence-corrected chi connectivity index (χ3v) is 1.23. The van der Waals surface area contributed by atoms with Crippen LogP contribution in [0.5, 0.6) is 0 Å². The predicted octanol–water partition coefficient (Wildman–Crippen LogP) is 2.24. The van der Waals surface area contributed by atoms with Crippen LogP contribution in [-0.4, -0.2) is 11.1 Å². The zero-order chi connectivity index (χ0) is 7.28. The largest absolute Gasteiger partial charge is 0.481 e. The van der Waals surface area contributed by atoms with Crippen molar-refractivity contribution in [2.75, 3.05) is 0 Å². The van der Waals surface area contributed by atoms with E-state index in [0.717, 1.165) is 5.57 Å². The highest BCUT2D eigenvalue weighted by Gasteiger charge is 1.95. The Morgan fingerprint density at radius 2 is 2.00 bits per heavy atom. The van der Waals surface area contributed by atoms with E-state index in [2.05, 4.69) is 0 Å². The van der Waals surface area contributed by atoms with Crippen molar-refractivity contribution in [3.8, 4) is 0 Å². The first-order valence-corrected chi connectivity index (χ1v) is 3.00. The summed E-state index contributed by atoms with van der Waals surface area (Å²) in [5.74, 6) is -0.726. The Morgan fingerprint density at radius 3 is 2.30 bits per heavy atom. The minimum absolute atomic E-state index is 0. The predicted molar refractivity (Wildman–Crippen MR) is 43.5 cm³/mol. The van der Waals surface area contributed by atoms with Gasteiger partial charge >= 0.3 is 5.97 Å². The molecule has 0 unspecified atom stereocenters. The van der Waals surface area contributed by atoms with Crippen LogP contribution in [-0.2, 0) is 4.79 Å². The maximum atomic E-state index is 9.99. The molecule has 0 radical (unpaired) electrons. The van der Waals surface area contributed by atoms with Gasteiger partial charge in [-0.15, -0.1) is 12.4 Å². The van der Waals surface area contributed by atoms with Gasteiger partial charge in [-0.05, 0) is 20.3 Å². The van der Waals surface area contributed by atoms with Crippen LogP contribution in [0.1, 0.15) is 26.7 Å². The smallest absolute Gasteiger partial charge is 0.303 e. The van der Waals surface area contributed by atoms with Gasteiger partial charge in [0.1, 0.15) is 0 Å². The highest BCUT2D eigenvalue weighted by Crippen LogP contribution is 2.01. The standard InChI is InChI=1S/C7H12O2.ClH/c1-3-6(2)4-5-7(8)9;/h3H,4-5H2,1-2H3,(H,8,9);1H/b6-3+;. The van der Waals surface area contributed by atoms with E-state index in [4.69, 9.17) is 5.11 Å². The van der Waals surface area contributed by atoms with E-state index in [0.29, 0.717) is 6.42 Å². The van der Waals surface area contributed by atoms with Gasteiger partial charge in [0.2, 0.25) is 0 Å². The van der Waals surface area contributed by atoms with Crippen LogP contribution in [0.4, 0.5) is 0 Å². The molecule has 0 saturated carbocycles. The molecule has 0 aromatic heterocycles. The molecule has 0 rings (SSSR count). The summed E-state index contributed by atoms with van der Waals surface area (Å²) in [7, 11) is 0. The zero-order valence-corrected chi connectivity index (χ0v) is 7.07. The molecule has 0 aliphatic heterocycles. The summed E-state index contributed by atoms with van der Waals surface area (Å²) in [5.41, 5.74) is 1.14. The van der Waals surface area contributed by atoms with E-state index < -0.39 is 5.97 Å². The van der Waals surface area contributed by atoms with Crippen LogP contribution in [0.25, 0.3) is 0 Å². The molecule has 0 heterocycles. The number of rotatable bonds is 3. The summed E-state index contributed by atoms with van der Waals surface area (Å²) in [4.78, 5) is 9.99. The lowest BCUT2D eigenvalue weighted by molar-refractivity contribution is -0.136. The molecule has 60 valence electrons. The van der Waals surface area contributed by atoms with Crippen LogP contribution in [0.2, 0.25) is 0 Å². The molecule has 0 fully saturated rings. The molecule has 1 N–H and O–H groups in total. The van der Waals surface area contributed by atoms with Gasteiger partial charge in [-0.1, -0.05) is 11.6 Å². The highest BCUT2D eigenvalue weighted by molar-refractivity contribution is 5.85. The topological polar surface area (TPSA) is 37.3 Å². The second kappa shape index (κ2) is 6.62. The van der Waals surface area contributed by atoms with Crippen molar-refractivity contribution >= 4 is 18.4 Å². The minimum atomic E-state index is -0.726. The Morgan fingerprint density at radius 1 is 1.50 bits per heavy atom. The van der Waals surface area contributed by atoms with Crippen LogP contribution < -0.4 is 0 Å². The van der Waals surface area contributed by atoms with Crippen molar-refractivity contribution in [2.45, 2.75) is 26.7 Å². The van der Waals surface area contributed by atoms with E-state index in [9.17, 15) is 4.79 Å². The number of carboxylic acids is 1.